The van der Waals surface area contributed by atoms with Gasteiger partial charge in [0.2, 0.25) is 0 Å². The molecule has 120 valence electrons. The third-order valence-corrected chi connectivity index (χ3v) is 3.70. The number of hydrogen-bond donors (Lipinski definition) is 1. The summed E-state index contributed by atoms with van der Waals surface area (Å²) in [6.07, 6.45) is 2.28. The second-order valence-electron chi connectivity index (χ2n) is 4.53. The molecule has 0 aromatic heterocycles. The average Bonchev–Trinajstić information content (AvgIpc) is 2.50. The summed E-state index contributed by atoms with van der Waals surface area (Å²) in [5.74, 6) is 1.19. The summed E-state index contributed by atoms with van der Waals surface area (Å²) >= 11 is 1.71. The Bertz CT molecular complexity index is 343. The Labute approximate surface area is 131 Å². The maximum absolute atomic E-state index is 9.17. The Morgan fingerprint density at radius 1 is 0.857 bits per heavy atom. The topological polar surface area (TPSA) is 47.9 Å². The van der Waals surface area contributed by atoms with Crippen LogP contribution >= 0.6 is 11.8 Å². The van der Waals surface area contributed by atoms with Crippen LogP contribution in [0.1, 0.15) is 19.8 Å². The minimum Gasteiger partial charge on any atom is -0.508 e. The molecule has 0 saturated heterocycles. The molecule has 0 aliphatic rings. The molecule has 0 amide bonds. The highest BCUT2D eigenvalue weighted by atomic mass is 32.2. The van der Waals surface area contributed by atoms with Gasteiger partial charge in [-0.2, -0.15) is 0 Å². The summed E-state index contributed by atoms with van der Waals surface area (Å²) < 4.78 is 16.3. The van der Waals surface area contributed by atoms with Crippen LogP contribution in [0.25, 0.3) is 0 Å². The van der Waals surface area contributed by atoms with Gasteiger partial charge in [-0.15, -0.1) is 11.8 Å². The molecule has 0 radical (unpaired) electrons. The van der Waals surface area contributed by atoms with Crippen LogP contribution in [-0.2, 0) is 14.2 Å². The smallest absolute Gasteiger partial charge is 0.115 e. The maximum Gasteiger partial charge on any atom is 0.115 e. The van der Waals surface area contributed by atoms with Crippen LogP contribution in [0.2, 0.25) is 0 Å². The lowest BCUT2D eigenvalue weighted by molar-refractivity contribution is 0.0169. The van der Waals surface area contributed by atoms with Crippen molar-refractivity contribution in [3.05, 3.63) is 24.3 Å². The van der Waals surface area contributed by atoms with Gasteiger partial charge in [-0.05, 0) is 30.7 Å². The van der Waals surface area contributed by atoms with Gasteiger partial charge in [0, 0.05) is 17.3 Å². The van der Waals surface area contributed by atoms with E-state index in [1.807, 2.05) is 12.1 Å². The molecule has 1 aromatic rings. The molecule has 0 unspecified atom stereocenters. The first kappa shape index (κ1) is 18.3. The molecule has 0 saturated carbocycles. The normalized spacial score (nSPS) is 10.9. The highest BCUT2D eigenvalue weighted by molar-refractivity contribution is 7.99. The first-order chi connectivity index (χ1) is 10.3. The zero-order chi connectivity index (χ0) is 15.2. The molecule has 0 fully saturated rings. The summed E-state index contributed by atoms with van der Waals surface area (Å²) in [6.45, 7) is 6.20. The lowest BCUT2D eigenvalue weighted by atomic mass is 10.3. The van der Waals surface area contributed by atoms with E-state index in [2.05, 4.69) is 6.92 Å². The molecule has 1 N–H and O–H groups in total. The molecule has 0 aliphatic heterocycles. The molecule has 1 aromatic carbocycles. The predicted molar refractivity (Wildman–Crippen MR) is 86.2 cm³/mol. The van der Waals surface area contributed by atoms with Crippen molar-refractivity contribution in [3.63, 3.8) is 0 Å². The molecule has 4 nitrogen and oxygen atoms in total. The van der Waals surface area contributed by atoms with Gasteiger partial charge < -0.3 is 19.3 Å². The van der Waals surface area contributed by atoms with E-state index in [4.69, 9.17) is 14.2 Å². The predicted octanol–water partition coefficient (Wildman–Crippen LogP) is 3.33. The van der Waals surface area contributed by atoms with Crippen LogP contribution in [0.15, 0.2) is 29.2 Å². The van der Waals surface area contributed by atoms with E-state index in [0.29, 0.717) is 38.8 Å². The summed E-state index contributed by atoms with van der Waals surface area (Å²) in [6, 6.07) is 7.20. The van der Waals surface area contributed by atoms with E-state index < -0.39 is 0 Å². The number of unbranched alkanes of at least 4 members (excludes halogenated alkanes) is 1. The van der Waals surface area contributed by atoms with Crippen LogP contribution in [0.3, 0.4) is 0 Å². The summed E-state index contributed by atoms with van der Waals surface area (Å²) in [7, 11) is 0. The van der Waals surface area contributed by atoms with Gasteiger partial charge in [0.25, 0.3) is 0 Å². The fraction of sp³-hybridized carbons (Fsp3) is 0.625. The fourth-order valence-corrected chi connectivity index (χ4v) is 2.31. The second kappa shape index (κ2) is 13.0. The van der Waals surface area contributed by atoms with E-state index in [9.17, 15) is 5.11 Å². The van der Waals surface area contributed by atoms with Crippen LogP contribution in [-0.4, -0.2) is 50.5 Å². The van der Waals surface area contributed by atoms with Crippen molar-refractivity contribution in [1.82, 2.24) is 0 Å². The molecule has 0 bridgehead atoms. The molecule has 1 rings (SSSR count). The fourth-order valence-electron chi connectivity index (χ4n) is 1.55. The minimum absolute atomic E-state index is 0.298. The zero-order valence-corrected chi connectivity index (χ0v) is 13.6. The standard InChI is InChI=1S/C16H26O4S/c1-2-3-8-18-9-10-19-11-12-20-13-14-21-16-6-4-15(17)5-7-16/h4-7,17H,2-3,8-14H2,1H3. The van der Waals surface area contributed by atoms with Crippen LogP contribution in [0.4, 0.5) is 0 Å². The lowest BCUT2D eigenvalue weighted by Gasteiger charge is -2.06. The number of thioether (sulfide) groups is 1. The van der Waals surface area contributed by atoms with Crippen molar-refractivity contribution in [2.45, 2.75) is 24.7 Å². The molecule has 21 heavy (non-hydrogen) atoms. The van der Waals surface area contributed by atoms with Gasteiger partial charge in [-0.3, -0.25) is 0 Å². The molecular weight excluding hydrogens is 288 g/mol. The number of rotatable bonds is 13. The van der Waals surface area contributed by atoms with Gasteiger partial charge in [0.15, 0.2) is 0 Å². The van der Waals surface area contributed by atoms with E-state index in [-0.39, 0.29) is 0 Å². The first-order valence-corrected chi connectivity index (χ1v) is 8.46. The number of aromatic hydroxyl groups is 1. The Kier molecular flexibility index (Phi) is 11.3. The minimum atomic E-state index is 0.298. The zero-order valence-electron chi connectivity index (χ0n) is 12.8. The van der Waals surface area contributed by atoms with Crippen molar-refractivity contribution in [1.29, 1.82) is 0 Å². The van der Waals surface area contributed by atoms with Gasteiger partial charge in [-0.1, -0.05) is 13.3 Å². The van der Waals surface area contributed by atoms with Crippen molar-refractivity contribution in [2.24, 2.45) is 0 Å². The van der Waals surface area contributed by atoms with Crippen LogP contribution < -0.4 is 0 Å². The SMILES string of the molecule is CCCCOCCOCCOCCSc1ccc(O)cc1. The Balaban J connectivity index is 1.81. The third kappa shape index (κ3) is 10.6. The van der Waals surface area contributed by atoms with Crippen molar-refractivity contribution in [2.75, 3.05) is 45.4 Å². The van der Waals surface area contributed by atoms with E-state index >= 15 is 0 Å². The molecule has 0 spiro atoms. The number of ether oxygens (including phenoxy) is 3. The largest absolute Gasteiger partial charge is 0.508 e. The Morgan fingerprint density at radius 2 is 1.43 bits per heavy atom. The Hall–Kier alpha value is -0.750. The summed E-state index contributed by atoms with van der Waals surface area (Å²) in [4.78, 5) is 1.14. The highest BCUT2D eigenvalue weighted by Crippen LogP contribution is 2.20. The molecular formula is C16H26O4S. The van der Waals surface area contributed by atoms with Gasteiger partial charge in [0.05, 0.1) is 33.0 Å². The van der Waals surface area contributed by atoms with Crippen molar-refractivity contribution < 1.29 is 19.3 Å². The van der Waals surface area contributed by atoms with Crippen LogP contribution in [0.5, 0.6) is 5.75 Å². The first-order valence-electron chi connectivity index (χ1n) is 7.48. The number of phenolic OH excluding ortho intramolecular Hbond substituents is 1. The quantitative estimate of drug-likeness (QED) is 0.447. The van der Waals surface area contributed by atoms with Crippen molar-refractivity contribution >= 4 is 11.8 Å². The second-order valence-corrected chi connectivity index (χ2v) is 5.70. The third-order valence-electron chi connectivity index (χ3n) is 2.72. The monoisotopic (exact) mass is 314 g/mol. The van der Waals surface area contributed by atoms with Gasteiger partial charge in [0.1, 0.15) is 5.75 Å². The van der Waals surface area contributed by atoms with Gasteiger partial charge in [-0.25, -0.2) is 0 Å². The number of hydrogen-bond acceptors (Lipinski definition) is 5. The van der Waals surface area contributed by atoms with Crippen LogP contribution in [0, 0.1) is 0 Å². The summed E-state index contributed by atoms with van der Waals surface area (Å²) in [5, 5.41) is 9.17. The molecule has 5 heteroatoms. The highest BCUT2D eigenvalue weighted by Gasteiger charge is 1.95. The maximum atomic E-state index is 9.17. The van der Waals surface area contributed by atoms with E-state index in [1.165, 1.54) is 0 Å². The average molecular weight is 314 g/mol. The molecule has 0 atom stereocenters. The van der Waals surface area contributed by atoms with Gasteiger partial charge >= 0.3 is 0 Å². The molecule has 0 aliphatic carbocycles. The summed E-state index contributed by atoms with van der Waals surface area (Å²) in [5.41, 5.74) is 0. The molecule has 0 heterocycles. The van der Waals surface area contributed by atoms with E-state index in [1.54, 1.807) is 23.9 Å². The number of benzene rings is 1. The number of phenols is 1. The Morgan fingerprint density at radius 3 is 2.05 bits per heavy atom. The lowest BCUT2D eigenvalue weighted by Crippen LogP contribution is -2.10. The van der Waals surface area contributed by atoms with Crippen molar-refractivity contribution in [3.8, 4) is 5.75 Å². The van der Waals surface area contributed by atoms with E-state index in [0.717, 1.165) is 30.1 Å².